The van der Waals surface area contributed by atoms with Crippen molar-refractivity contribution < 1.29 is 4.79 Å². The Kier molecular flexibility index (Phi) is 3.77. The van der Waals surface area contributed by atoms with Gasteiger partial charge in [-0.2, -0.15) is 0 Å². The molecule has 1 aromatic carbocycles. The number of aryl methyl sites for hydroxylation is 1. The Balaban J connectivity index is 1.38. The second-order valence-corrected chi connectivity index (χ2v) is 6.65. The number of fused-ring (bicyclic) bond motifs is 1. The molecule has 2 amide bonds. The van der Waals surface area contributed by atoms with Gasteiger partial charge >= 0.3 is 6.03 Å². The topological polar surface area (TPSA) is 79.2 Å². The summed E-state index contributed by atoms with van der Waals surface area (Å²) < 4.78 is 2.75. The minimum Gasteiger partial charge on any atom is -0.345 e. The van der Waals surface area contributed by atoms with Crippen molar-refractivity contribution in [3.8, 4) is 0 Å². The summed E-state index contributed by atoms with van der Waals surface area (Å²) in [4.78, 5) is 21.0. The Morgan fingerprint density at radius 1 is 1.21 bits per heavy atom. The zero-order valence-electron chi connectivity index (χ0n) is 13.2. The molecule has 0 radical (unpaired) electrons. The van der Waals surface area contributed by atoms with Crippen molar-refractivity contribution in [2.75, 3.05) is 36.4 Å². The Morgan fingerprint density at radius 2 is 2.00 bits per heavy atom. The van der Waals surface area contributed by atoms with Gasteiger partial charge in [0.25, 0.3) is 0 Å². The number of nitrogens with zero attached hydrogens (tertiary/aromatic N) is 6. The smallest absolute Gasteiger partial charge is 0.323 e. The summed E-state index contributed by atoms with van der Waals surface area (Å²) in [5.41, 5.74) is 1.03. The van der Waals surface area contributed by atoms with Crippen LogP contribution in [0.4, 0.5) is 15.7 Å². The third kappa shape index (κ3) is 2.90. The van der Waals surface area contributed by atoms with Gasteiger partial charge in [0, 0.05) is 33.2 Å². The standard InChI is InChI=1S/C15H17N7OS/c1-20-10-13(18-19-20)17-14(23)21-6-8-22(9-7-21)15-16-11-4-2-3-5-12(11)24-15/h2-5,10H,6-9H2,1H3,(H,17,23). The maximum atomic E-state index is 12.3. The van der Waals surface area contributed by atoms with Gasteiger partial charge in [-0.3, -0.25) is 10.00 Å². The molecule has 0 aliphatic carbocycles. The molecule has 1 fully saturated rings. The van der Waals surface area contributed by atoms with Crippen LogP contribution in [0.15, 0.2) is 30.5 Å². The molecule has 1 aliphatic rings. The first-order valence-electron chi connectivity index (χ1n) is 7.72. The number of hydrogen-bond acceptors (Lipinski definition) is 6. The molecular formula is C15H17N7OS. The average molecular weight is 343 g/mol. The van der Waals surface area contributed by atoms with Crippen molar-refractivity contribution in [1.29, 1.82) is 0 Å². The van der Waals surface area contributed by atoms with Gasteiger partial charge in [-0.05, 0) is 12.1 Å². The minimum atomic E-state index is -0.139. The Morgan fingerprint density at radius 3 is 2.71 bits per heavy atom. The molecule has 1 aliphatic heterocycles. The lowest BCUT2D eigenvalue weighted by atomic mass is 10.3. The minimum absolute atomic E-state index is 0.139. The first kappa shape index (κ1) is 14.9. The van der Waals surface area contributed by atoms with Gasteiger partial charge in [0.2, 0.25) is 0 Å². The molecular weight excluding hydrogens is 326 g/mol. The largest absolute Gasteiger partial charge is 0.345 e. The second-order valence-electron chi connectivity index (χ2n) is 5.65. The van der Waals surface area contributed by atoms with Crippen molar-refractivity contribution >= 4 is 38.5 Å². The third-order valence-corrected chi connectivity index (χ3v) is 5.05. The molecule has 0 saturated carbocycles. The van der Waals surface area contributed by atoms with E-state index in [1.807, 2.05) is 18.2 Å². The number of thiazole rings is 1. The van der Waals surface area contributed by atoms with Crippen LogP contribution in [0.2, 0.25) is 0 Å². The summed E-state index contributed by atoms with van der Waals surface area (Å²) >= 11 is 1.69. The molecule has 0 spiro atoms. The van der Waals surface area contributed by atoms with E-state index in [-0.39, 0.29) is 6.03 Å². The number of anilines is 2. The number of piperazine rings is 1. The average Bonchev–Trinajstić information content (AvgIpc) is 3.21. The molecule has 9 heteroatoms. The molecule has 8 nitrogen and oxygen atoms in total. The molecule has 2 aromatic heterocycles. The fourth-order valence-corrected chi connectivity index (χ4v) is 3.71. The lowest BCUT2D eigenvalue weighted by molar-refractivity contribution is 0.208. The maximum Gasteiger partial charge on any atom is 0.323 e. The van der Waals surface area contributed by atoms with E-state index in [1.54, 1.807) is 34.2 Å². The van der Waals surface area contributed by atoms with Gasteiger partial charge in [-0.1, -0.05) is 28.7 Å². The van der Waals surface area contributed by atoms with Crippen molar-refractivity contribution in [2.24, 2.45) is 7.05 Å². The third-order valence-electron chi connectivity index (χ3n) is 3.96. The summed E-state index contributed by atoms with van der Waals surface area (Å²) in [6.45, 7) is 2.85. The number of para-hydroxylation sites is 1. The van der Waals surface area contributed by atoms with E-state index in [2.05, 4.69) is 31.6 Å². The molecule has 1 N–H and O–H groups in total. The SMILES string of the molecule is Cn1cc(NC(=O)N2CCN(c3nc4ccccc4s3)CC2)nn1. The predicted octanol–water partition coefficient (Wildman–Crippen LogP) is 1.78. The Bertz CT molecular complexity index is 832. The number of nitrogens with one attached hydrogen (secondary N) is 1. The fourth-order valence-electron chi connectivity index (χ4n) is 2.69. The van der Waals surface area contributed by atoms with Crippen LogP contribution in [0, 0.1) is 0 Å². The first-order valence-corrected chi connectivity index (χ1v) is 8.53. The lowest BCUT2D eigenvalue weighted by Crippen LogP contribution is -2.50. The van der Waals surface area contributed by atoms with Crippen molar-refractivity contribution in [3.05, 3.63) is 30.5 Å². The highest BCUT2D eigenvalue weighted by Crippen LogP contribution is 2.29. The number of urea groups is 1. The van der Waals surface area contributed by atoms with E-state index >= 15 is 0 Å². The molecule has 124 valence electrons. The van der Waals surface area contributed by atoms with Gasteiger partial charge < -0.3 is 9.80 Å². The number of amides is 2. The zero-order valence-corrected chi connectivity index (χ0v) is 14.0. The molecule has 0 bridgehead atoms. The van der Waals surface area contributed by atoms with Gasteiger partial charge in [-0.15, -0.1) is 5.10 Å². The summed E-state index contributed by atoms with van der Waals surface area (Å²) in [6, 6.07) is 8.00. The van der Waals surface area contributed by atoms with E-state index < -0.39 is 0 Å². The van der Waals surface area contributed by atoms with Crippen LogP contribution in [0.5, 0.6) is 0 Å². The van der Waals surface area contributed by atoms with E-state index in [4.69, 9.17) is 0 Å². The fraction of sp³-hybridized carbons (Fsp3) is 0.333. The van der Waals surface area contributed by atoms with Crippen LogP contribution in [0.1, 0.15) is 0 Å². The quantitative estimate of drug-likeness (QED) is 0.767. The van der Waals surface area contributed by atoms with Crippen molar-refractivity contribution in [2.45, 2.75) is 0 Å². The van der Waals surface area contributed by atoms with Crippen LogP contribution in [-0.2, 0) is 7.05 Å². The molecule has 3 heterocycles. The van der Waals surface area contributed by atoms with E-state index in [9.17, 15) is 4.79 Å². The van der Waals surface area contributed by atoms with Crippen LogP contribution >= 0.6 is 11.3 Å². The molecule has 3 aromatic rings. The molecule has 0 atom stereocenters. The summed E-state index contributed by atoms with van der Waals surface area (Å²) in [6.07, 6.45) is 1.68. The van der Waals surface area contributed by atoms with Gasteiger partial charge in [-0.25, -0.2) is 9.78 Å². The highest BCUT2D eigenvalue weighted by atomic mass is 32.1. The van der Waals surface area contributed by atoms with Crippen LogP contribution in [-0.4, -0.2) is 57.1 Å². The predicted molar refractivity (Wildman–Crippen MR) is 93.4 cm³/mol. The zero-order chi connectivity index (χ0) is 16.5. The second kappa shape index (κ2) is 6.08. The molecule has 1 saturated heterocycles. The number of aromatic nitrogens is 4. The highest BCUT2D eigenvalue weighted by Gasteiger charge is 2.23. The number of carbonyl (C=O) groups is 1. The number of benzene rings is 1. The van der Waals surface area contributed by atoms with E-state index in [0.717, 1.165) is 23.7 Å². The van der Waals surface area contributed by atoms with E-state index in [0.29, 0.717) is 18.9 Å². The summed E-state index contributed by atoms with van der Waals surface area (Å²) in [7, 11) is 1.76. The van der Waals surface area contributed by atoms with Crippen LogP contribution in [0.3, 0.4) is 0 Å². The number of rotatable bonds is 2. The van der Waals surface area contributed by atoms with Crippen molar-refractivity contribution in [3.63, 3.8) is 0 Å². The number of hydrogen-bond donors (Lipinski definition) is 1. The maximum absolute atomic E-state index is 12.3. The monoisotopic (exact) mass is 343 g/mol. The summed E-state index contributed by atoms with van der Waals surface area (Å²) in [5, 5.41) is 11.5. The first-order chi connectivity index (χ1) is 11.7. The number of carbonyl (C=O) groups excluding carboxylic acids is 1. The van der Waals surface area contributed by atoms with Gasteiger partial charge in [0.1, 0.15) is 0 Å². The van der Waals surface area contributed by atoms with Crippen molar-refractivity contribution in [1.82, 2.24) is 24.9 Å². The molecule has 4 rings (SSSR count). The molecule has 0 unspecified atom stereocenters. The van der Waals surface area contributed by atoms with Crippen LogP contribution in [0.25, 0.3) is 10.2 Å². The lowest BCUT2D eigenvalue weighted by Gasteiger charge is -2.34. The molecule has 24 heavy (non-hydrogen) atoms. The Labute approximate surface area is 142 Å². The Hall–Kier alpha value is -2.68. The van der Waals surface area contributed by atoms with Crippen LogP contribution < -0.4 is 10.2 Å². The van der Waals surface area contributed by atoms with Gasteiger partial charge in [0.05, 0.1) is 16.4 Å². The van der Waals surface area contributed by atoms with E-state index in [1.165, 1.54) is 4.70 Å². The highest BCUT2D eigenvalue weighted by molar-refractivity contribution is 7.22. The normalized spacial score (nSPS) is 15.0. The summed E-state index contributed by atoms with van der Waals surface area (Å²) in [5.74, 6) is 0.469. The van der Waals surface area contributed by atoms with Gasteiger partial charge in [0.15, 0.2) is 10.9 Å².